The van der Waals surface area contributed by atoms with E-state index < -0.39 is 0 Å². The molecule has 0 N–H and O–H groups in total. The Hall–Kier alpha value is -1.92. The van der Waals surface area contributed by atoms with E-state index in [1.807, 2.05) is 32.0 Å². The summed E-state index contributed by atoms with van der Waals surface area (Å²) in [6.07, 6.45) is 0. The number of imide groups is 1. The highest BCUT2D eigenvalue weighted by Crippen LogP contribution is 2.26. The highest BCUT2D eigenvalue weighted by atomic mass is 16.2. The lowest BCUT2D eigenvalue weighted by Crippen LogP contribution is -2.51. The minimum atomic E-state index is -0.166. The van der Waals surface area contributed by atoms with E-state index in [1.54, 1.807) is 4.90 Å². The van der Waals surface area contributed by atoms with Gasteiger partial charge in [0.15, 0.2) is 0 Å². The summed E-state index contributed by atoms with van der Waals surface area (Å²) in [5.74, 6) is -0.0969. The summed E-state index contributed by atoms with van der Waals surface area (Å²) >= 11 is 0. The van der Waals surface area contributed by atoms with Crippen molar-refractivity contribution < 1.29 is 9.59 Å². The monoisotopic (exact) mass is 330 g/mol. The molecule has 2 fully saturated rings. The Labute approximate surface area is 143 Å². The van der Waals surface area contributed by atoms with Crippen LogP contribution in [0.4, 0.5) is 4.79 Å². The van der Waals surface area contributed by atoms with E-state index in [0.717, 1.165) is 19.6 Å². The summed E-state index contributed by atoms with van der Waals surface area (Å²) < 4.78 is 0. The van der Waals surface area contributed by atoms with Crippen LogP contribution in [0.15, 0.2) is 30.3 Å². The first-order valence-electron chi connectivity index (χ1n) is 8.56. The summed E-state index contributed by atoms with van der Waals surface area (Å²) in [6, 6.07) is 10.4. The molecule has 0 spiro atoms. The highest BCUT2D eigenvalue weighted by Gasteiger charge is 2.39. The lowest BCUT2D eigenvalue weighted by atomic mass is 10.0. The van der Waals surface area contributed by atoms with Crippen molar-refractivity contribution in [1.29, 1.82) is 0 Å². The fraction of sp³-hybridized carbons (Fsp3) is 0.556. The van der Waals surface area contributed by atoms with Crippen molar-refractivity contribution in [2.75, 3.05) is 39.9 Å². The van der Waals surface area contributed by atoms with Gasteiger partial charge in [-0.2, -0.15) is 0 Å². The molecule has 0 saturated carbocycles. The van der Waals surface area contributed by atoms with Gasteiger partial charge in [-0.05, 0) is 26.5 Å². The van der Waals surface area contributed by atoms with Crippen LogP contribution in [-0.4, -0.2) is 77.5 Å². The number of benzene rings is 1. The Morgan fingerprint density at radius 3 is 2.46 bits per heavy atom. The largest absolute Gasteiger partial charge is 0.328 e. The van der Waals surface area contributed by atoms with Gasteiger partial charge >= 0.3 is 6.03 Å². The molecule has 2 aliphatic rings. The second-order valence-electron chi connectivity index (χ2n) is 6.98. The molecular formula is C18H26N4O2. The first-order chi connectivity index (χ1) is 11.5. The molecule has 6 heteroatoms. The number of carbonyl (C=O) groups is 2. The summed E-state index contributed by atoms with van der Waals surface area (Å²) in [6.45, 7) is 7.21. The van der Waals surface area contributed by atoms with Crippen LogP contribution in [0, 0.1) is 0 Å². The Balaban J connectivity index is 1.75. The Kier molecular flexibility index (Phi) is 4.87. The summed E-state index contributed by atoms with van der Waals surface area (Å²) in [4.78, 5) is 32.3. The average molecular weight is 330 g/mol. The molecule has 2 aliphatic heterocycles. The van der Waals surface area contributed by atoms with Crippen molar-refractivity contribution in [3.05, 3.63) is 35.9 Å². The maximum Gasteiger partial charge on any atom is 0.328 e. The second-order valence-corrected chi connectivity index (χ2v) is 6.98. The van der Waals surface area contributed by atoms with Crippen molar-refractivity contribution in [3.63, 3.8) is 0 Å². The van der Waals surface area contributed by atoms with E-state index in [-0.39, 0.29) is 30.6 Å². The quantitative estimate of drug-likeness (QED) is 0.787. The zero-order valence-corrected chi connectivity index (χ0v) is 14.7. The van der Waals surface area contributed by atoms with Gasteiger partial charge in [0.25, 0.3) is 5.91 Å². The molecule has 3 rings (SSSR count). The average Bonchev–Trinajstić information content (AvgIpc) is 2.84. The first kappa shape index (κ1) is 16.9. The molecule has 1 aromatic rings. The van der Waals surface area contributed by atoms with E-state index in [1.165, 1.54) is 10.5 Å². The number of carbonyl (C=O) groups excluding carboxylic acids is 2. The molecule has 6 nitrogen and oxygen atoms in total. The lowest BCUT2D eigenvalue weighted by molar-refractivity contribution is -0.126. The Morgan fingerprint density at radius 2 is 1.83 bits per heavy atom. The number of rotatable bonds is 4. The van der Waals surface area contributed by atoms with Crippen molar-refractivity contribution in [2.24, 2.45) is 0 Å². The molecule has 1 atom stereocenters. The molecule has 3 amide bonds. The van der Waals surface area contributed by atoms with Crippen molar-refractivity contribution >= 4 is 11.9 Å². The fourth-order valence-electron chi connectivity index (χ4n) is 3.52. The highest BCUT2D eigenvalue weighted by molar-refractivity contribution is 6.02. The second kappa shape index (κ2) is 6.91. The molecule has 130 valence electrons. The van der Waals surface area contributed by atoms with Gasteiger partial charge in [-0.3, -0.25) is 14.6 Å². The minimum absolute atomic E-state index is 0.0904. The summed E-state index contributed by atoms with van der Waals surface area (Å²) in [5.41, 5.74) is 1.25. The number of urea groups is 1. The summed E-state index contributed by atoms with van der Waals surface area (Å²) in [7, 11) is 2.12. The van der Waals surface area contributed by atoms with Crippen molar-refractivity contribution in [2.45, 2.75) is 25.9 Å². The molecule has 2 heterocycles. The van der Waals surface area contributed by atoms with Gasteiger partial charge in [-0.15, -0.1) is 0 Å². The molecular weight excluding hydrogens is 304 g/mol. The van der Waals surface area contributed by atoms with E-state index in [2.05, 4.69) is 29.0 Å². The molecule has 1 aromatic carbocycles. The first-order valence-corrected chi connectivity index (χ1v) is 8.56. The number of piperazine rings is 1. The normalized spacial score (nSPS) is 23.6. The van der Waals surface area contributed by atoms with Crippen LogP contribution in [0.3, 0.4) is 0 Å². The lowest BCUT2D eigenvalue weighted by Gasteiger charge is -2.41. The van der Waals surface area contributed by atoms with Crippen LogP contribution in [0.2, 0.25) is 0 Å². The van der Waals surface area contributed by atoms with Gasteiger partial charge < -0.3 is 9.80 Å². The van der Waals surface area contributed by atoms with Crippen LogP contribution >= 0.6 is 0 Å². The molecule has 0 aromatic heterocycles. The molecule has 24 heavy (non-hydrogen) atoms. The minimum Gasteiger partial charge on any atom is -0.303 e. The zero-order valence-electron chi connectivity index (χ0n) is 14.7. The molecule has 1 unspecified atom stereocenters. The van der Waals surface area contributed by atoms with Gasteiger partial charge in [0, 0.05) is 31.7 Å². The third kappa shape index (κ3) is 3.30. The molecule has 2 saturated heterocycles. The van der Waals surface area contributed by atoms with Gasteiger partial charge in [0.1, 0.15) is 6.54 Å². The predicted molar refractivity (Wildman–Crippen MR) is 92.3 cm³/mol. The smallest absolute Gasteiger partial charge is 0.303 e. The van der Waals surface area contributed by atoms with Gasteiger partial charge in [-0.25, -0.2) is 4.79 Å². The maximum atomic E-state index is 12.5. The Morgan fingerprint density at radius 1 is 1.12 bits per heavy atom. The summed E-state index contributed by atoms with van der Waals surface area (Å²) in [5, 5.41) is 0. The van der Waals surface area contributed by atoms with E-state index in [0.29, 0.717) is 6.67 Å². The molecule has 0 bridgehead atoms. The van der Waals surface area contributed by atoms with E-state index in [4.69, 9.17) is 0 Å². The molecule has 0 radical (unpaired) electrons. The van der Waals surface area contributed by atoms with Crippen molar-refractivity contribution in [3.8, 4) is 0 Å². The van der Waals surface area contributed by atoms with Crippen molar-refractivity contribution in [1.82, 2.24) is 19.6 Å². The number of amides is 3. The fourth-order valence-corrected chi connectivity index (χ4v) is 3.52. The number of likely N-dealkylation sites (N-methyl/N-ethyl adjacent to an activating group) is 1. The predicted octanol–water partition coefficient (Wildman–Crippen LogP) is 1.61. The van der Waals surface area contributed by atoms with Gasteiger partial charge in [-0.1, -0.05) is 30.3 Å². The van der Waals surface area contributed by atoms with Crippen LogP contribution < -0.4 is 0 Å². The number of hydrogen-bond donors (Lipinski definition) is 0. The molecule has 0 aliphatic carbocycles. The van der Waals surface area contributed by atoms with E-state index >= 15 is 0 Å². The Bertz CT molecular complexity index is 604. The van der Waals surface area contributed by atoms with Crippen LogP contribution in [-0.2, 0) is 4.79 Å². The third-order valence-corrected chi connectivity index (χ3v) is 4.82. The third-order valence-electron chi connectivity index (χ3n) is 4.82. The number of hydrogen-bond acceptors (Lipinski definition) is 4. The maximum absolute atomic E-state index is 12.5. The van der Waals surface area contributed by atoms with Gasteiger partial charge in [0.05, 0.1) is 6.67 Å². The van der Waals surface area contributed by atoms with Crippen LogP contribution in [0.1, 0.15) is 25.5 Å². The van der Waals surface area contributed by atoms with Crippen LogP contribution in [0.5, 0.6) is 0 Å². The van der Waals surface area contributed by atoms with E-state index in [9.17, 15) is 9.59 Å². The standard InChI is InChI=1S/C18H26N4O2/c1-14(2)22-17(23)12-21(18(22)24)13-20-10-9-19(3)11-16(20)15-7-5-4-6-8-15/h4-8,14,16H,9-13H2,1-3H3. The topological polar surface area (TPSA) is 47.1 Å². The number of nitrogens with zero attached hydrogens (tertiary/aromatic N) is 4. The van der Waals surface area contributed by atoms with Crippen LogP contribution in [0.25, 0.3) is 0 Å². The zero-order chi connectivity index (χ0) is 17.3. The van der Waals surface area contributed by atoms with Gasteiger partial charge in [0.2, 0.25) is 0 Å². The SMILES string of the molecule is CC(C)N1C(=O)CN(CN2CCN(C)CC2c2ccccc2)C1=O.